The highest BCUT2D eigenvalue weighted by molar-refractivity contribution is 14.1. The number of aromatic nitrogens is 2. The number of aromatic amines is 1. The van der Waals surface area contributed by atoms with Gasteiger partial charge in [-0.2, -0.15) is 5.10 Å². The van der Waals surface area contributed by atoms with Crippen LogP contribution in [-0.4, -0.2) is 16.1 Å². The molecule has 3 aromatic carbocycles. The molecule has 0 radical (unpaired) electrons. The number of halogens is 2. The van der Waals surface area contributed by atoms with E-state index in [1.807, 2.05) is 24.3 Å². The lowest BCUT2D eigenvalue weighted by atomic mass is 9.98. The molecule has 1 aromatic heterocycles. The van der Waals surface area contributed by atoms with Crippen LogP contribution in [0.2, 0.25) is 0 Å². The van der Waals surface area contributed by atoms with Crippen LogP contribution in [0.4, 0.5) is 15.8 Å². The van der Waals surface area contributed by atoms with Crippen LogP contribution in [0.15, 0.2) is 71.5 Å². The lowest BCUT2D eigenvalue weighted by Crippen LogP contribution is -2.36. The summed E-state index contributed by atoms with van der Waals surface area (Å²) in [6.45, 7) is 1.68. The van der Waals surface area contributed by atoms with Crippen LogP contribution < -0.4 is 10.5 Å². The van der Waals surface area contributed by atoms with Gasteiger partial charge < -0.3 is 0 Å². The van der Waals surface area contributed by atoms with Gasteiger partial charge in [-0.3, -0.25) is 17.6 Å². The van der Waals surface area contributed by atoms with E-state index in [1.165, 1.54) is 11.0 Å². The first-order valence-corrected chi connectivity index (χ1v) is 10.8. The zero-order valence-corrected chi connectivity index (χ0v) is 19.1. The predicted molar refractivity (Wildman–Crippen MR) is 128 cm³/mol. The summed E-state index contributed by atoms with van der Waals surface area (Å²) < 4.78 is 20.5. The lowest BCUT2D eigenvalue weighted by molar-refractivity contribution is -0.128. The smallest absolute Gasteiger partial charge is 0.272 e. The van der Waals surface area contributed by atoms with Crippen molar-refractivity contribution in [3.05, 3.63) is 99.7 Å². The first kappa shape index (κ1) is 20.8. The Balaban J connectivity index is 1.60. The second kappa shape index (κ2) is 7.79. The minimum atomic E-state index is -1.21. The molecule has 5 rings (SSSR count). The number of nitrogens with one attached hydrogen (secondary N) is 1. The number of hydrogen-bond acceptors (Lipinski definition) is 4. The Morgan fingerprint density at radius 3 is 2.53 bits per heavy atom. The van der Waals surface area contributed by atoms with Crippen molar-refractivity contribution in [1.29, 1.82) is 0 Å². The molecule has 0 saturated heterocycles. The average molecular weight is 541 g/mol. The summed E-state index contributed by atoms with van der Waals surface area (Å²) >= 11 is 1.71. The van der Waals surface area contributed by atoms with Crippen molar-refractivity contribution in [1.82, 2.24) is 10.2 Å². The van der Waals surface area contributed by atoms with E-state index in [4.69, 9.17) is 3.07 Å². The number of H-pyrrole nitrogens is 1. The van der Waals surface area contributed by atoms with Gasteiger partial charge >= 0.3 is 0 Å². The van der Waals surface area contributed by atoms with Gasteiger partial charge in [-0.25, -0.2) is 9.49 Å². The molecule has 6 nitrogen and oxygen atoms in total. The van der Waals surface area contributed by atoms with Crippen LogP contribution in [0.1, 0.15) is 23.7 Å². The molecule has 0 bridgehead atoms. The normalized spacial score (nSPS) is 17.7. The monoisotopic (exact) mass is 541 g/mol. The van der Waals surface area contributed by atoms with Gasteiger partial charge in [0, 0.05) is 17.4 Å². The van der Waals surface area contributed by atoms with E-state index in [9.17, 15) is 14.0 Å². The number of hydrogen-bond donors (Lipinski definition) is 1. The molecular formula is C24H17FIN3O3. The summed E-state index contributed by atoms with van der Waals surface area (Å²) in [5, 5.41) is 8.00. The van der Waals surface area contributed by atoms with E-state index in [0.717, 1.165) is 10.9 Å². The SMILES string of the molecule is CC1(OI)C(=O)N(c2cc(Cc3n[nH]c(=O)c4ccccc34)ccc2F)c2ccccc21. The molecular weight excluding hydrogens is 524 g/mol. The molecule has 1 N–H and O–H groups in total. The van der Waals surface area contributed by atoms with Crippen molar-refractivity contribution in [2.75, 3.05) is 4.90 Å². The summed E-state index contributed by atoms with van der Waals surface area (Å²) in [5.41, 5.74) is 1.34. The van der Waals surface area contributed by atoms with E-state index >= 15 is 0 Å². The van der Waals surface area contributed by atoms with E-state index in [-0.39, 0.29) is 17.2 Å². The van der Waals surface area contributed by atoms with E-state index in [1.54, 1.807) is 66.3 Å². The number of amides is 1. The van der Waals surface area contributed by atoms with Crippen molar-refractivity contribution in [2.45, 2.75) is 18.9 Å². The molecule has 32 heavy (non-hydrogen) atoms. The minimum Gasteiger partial charge on any atom is -0.294 e. The molecule has 1 unspecified atom stereocenters. The maximum atomic E-state index is 15.0. The molecule has 8 heteroatoms. The molecule has 1 aliphatic rings. The van der Waals surface area contributed by atoms with Gasteiger partial charge in [0.15, 0.2) is 5.60 Å². The van der Waals surface area contributed by atoms with Crippen molar-refractivity contribution >= 4 is 51.1 Å². The Bertz CT molecular complexity index is 1440. The highest BCUT2D eigenvalue weighted by Crippen LogP contribution is 2.47. The topological polar surface area (TPSA) is 75.3 Å². The minimum absolute atomic E-state index is 0.144. The first-order valence-electron chi connectivity index (χ1n) is 9.92. The first-order chi connectivity index (χ1) is 15.4. The van der Waals surface area contributed by atoms with Crippen LogP contribution >= 0.6 is 23.0 Å². The standard InChI is InChI=1S/C24H17FIN3O3/c1-24(32-26)17-8-4-5-9-20(17)29(23(24)31)21-13-14(10-11-18(21)25)12-19-15-6-2-3-7-16(15)22(30)28-27-19/h2-11,13H,12H2,1H3,(H,28,30). The van der Waals surface area contributed by atoms with Crippen LogP contribution in [0.3, 0.4) is 0 Å². The second-order valence-electron chi connectivity index (χ2n) is 7.78. The maximum absolute atomic E-state index is 15.0. The van der Waals surface area contributed by atoms with Crippen molar-refractivity contribution in [3.8, 4) is 0 Å². The largest absolute Gasteiger partial charge is 0.294 e. The molecule has 1 aliphatic heterocycles. The third-order valence-corrected chi connectivity index (χ3v) is 6.70. The molecule has 1 atom stereocenters. The molecule has 2 heterocycles. The maximum Gasteiger partial charge on any atom is 0.272 e. The molecule has 0 spiro atoms. The molecule has 1 amide bonds. The highest BCUT2D eigenvalue weighted by atomic mass is 127. The predicted octanol–water partition coefficient (Wildman–Crippen LogP) is 4.91. The molecule has 0 saturated carbocycles. The summed E-state index contributed by atoms with van der Waals surface area (Å²) in [6, 6.07) is 19.1. The van der Waals surface area contributed by atoms with Crippen molar-refractivity contribution in [2.24, 2.45) is 0 Å². The Kier molecular flexibility index (Phi) is 5.06. The van der Waals surface area contributed by atoms with E-state index in [0.29, 0.717) is 28.8 Å². The van der Waals surface area contributed by atoms with Crippen LogP contribution in [0.5, 0.6) is 0 Å². The second-order valence-corrected chi connectivity index (χ2v) is 8.22. The molecule has 0 aliphatic carbocycles. The lowest BCUT2D eigenvalue weighted by Gasteiger charge is -2.22. The summed E-state index contributed by atoms with van der Waals surface area (Å²) in [4.78, 5) is 26.8. The highest BCUT2D eigenvalue weighted by Gasteiger charge is 2.49. The number of nitrogens with zero attached hydrogens (tertiary/aromatic N) is 2. The summed E-state index contributed by atoms with van der Waals surface area (Å²) in [7, 11) is 0. The van der Waals surface area contributed by atoms with Crippen molar-refractivity contribution in [3.63, 3.8) is 0 Å². The third kappa shape index (κ3) is 3.13. The zero-order valence-electron chi connectivity index (χ0n) is 16.9. The fourth-order valence-electron chi connectivity index (χ4n) is 4.16. The molecule has 160 valence electrons. The molecule has 0 fully saturated rings. The number of fused-ring (bicyclic) bond motifs is 2. The van der Waals surface area contributed by atoms with Gasteiger partial charge in [-0.15, -0.1) is 0 Å². The van der Waals surface area contributed by atoms with E-state index < -0.39 is 11.4 Å². The quantitative estimate of drug-likeness (QED) is 0.373. The van der Waals surface area contributed by atoms with Gasteiger partial charge in [0.05, 0.1) is 22.5 Å². The zero-order chi connectivity index (χ0) is 22.5. The van der Waals surface area contributed by atoms with Gasteiger partial charge in [0.2, 0.25) is 0 Å². The fourth-order valence-corrected chi connectivity index (χ4v) is 4.59. The van der Waals surface area contributed by atoms with Crippen LogP contribution in [0.25, 0.3) is 10.8 Å². The van der Waals surface area contributed by atoms with Crippen LogP contribution in [-0.2, 0) is 19.9 Å². The van der Waals surface area contributed by atoms with E-state index in [2.05, 4.69) is 10.2 Å². The average Bonchev–Trinajstić information content (AvgIpc) is 3.04. The number of carbonyl (C=O) groups is 1. The molecule has 4 aromatic rings. The Hall–Kier alpha value is -3.11. The van der Waals surface area contributed by atoms with Gasteiger partial charge in [0.1, 0.15) is 28.8 Å². The third-order valence-electron chi connectivity index (χ3n) is 5.82. The Morgan fingerprint density at radius 1 is 1.03 bits per heavy atom. The van der Waals surface area contributed by atoms with Gasteiger partial charge in [0.25, 0.3) is 11.5 Å². The summed E-state index contributed by atoms with van der Waals surface area (Å²) in [5.74, 6) is -0.884. The number of para-hydroxylation sites is 1. The van der Waals surface area contributed by atoms with Crippen molar-refractivity contribution < 1.29 is 12.3 Å². The summed E-state index contributed by atoms with van der Waals surface area (Å²) in [6.07, 6.45) is 0.355. The van der Waals surface area contributed by atoms with Crippen LogP contribution in [0, 0.1) is 5.82 Å². The number of benzene rings is 3. The fraction of sp³-hybridized carbons (Fsp3) is 0.125. The van der Waals surface area contributed by atoms with Gasteiger partial charge in [-0.1, -0.05) is 42.5 Å². The Labute approximate surface area is 196 Å². The Morgan fingerprint density at radius 2 is 1.75 bits per heavy atom. The number of anilines is 2. The number of rotatable bonds is 4. The number of carbonyl (C=O) groups excluding carboxylic acids is 1. The van der Waals surface area contributed by atoms with Gasteiger partial charge in [-0.05, 0) is 36.8 Å².